The SMILES string of the molecule is CCOc1ccc(-c2nnc(NC(=O)c3ccc(S(=O)(=O)N4CCc5ccccc5C4)cc3)o2)cc1OCC. The third kappa shape index (κ3) is 5.64. The Kier molecular flexibility index (Phi) is 7.62. The summed E-state index contributed by atoms with van der Waals surface area (Å²) in [5.41, 5.74) is 3.01. The Labute approximate surface area is 226 Å². The first kappa shape index (κ1) is 26.4. The van der Waals surface area contributed by atoms with Gasteiger partial charge in [-0.2, -0.15) is 4.31 Å². The second-order valence-electron chi connectivity index (χ2n) is 8.78. The van der Waals surface area contributed by atoms with Crippen molar-refractivity contribution in [3.05, 3.63) is 83.4 Å². The van der Waals surface area contributed by atoms with Crippen LogP contribution in [0.5, 0.6) is 11.5 Å². The van der Waals surface area contributed by atoms with Crippen LogP contribution in [0.1, 0.15) is 35.3 Å². The maximum Gasteiger partial charge on any atom is 0.322 e. The molecule has 39 heavy (non-hydrogen) atoms. The summed E-state index contributed by atoms with van der Waals surface area (Å²) in [7, 11) is -3.71. The van der Waals surface area contributed by atoms with Gasteiger partial charge in [-0.05, 0) is 73.9 Å². The van der Waals surface area contributed by atoms with E-state index in [1.165, 1.54) is 28.6 Å². The predicted molar refractivity (Wildman–Crippen MR) is 144 cm³/mol. The monoisotopic (exact) mass is 548 g/mol. The maximum atomic E-state index is 13.2. The number of nitrogens with one attached hydrogen (secondary N) is 1. The molecule has 4 aromatic rings. The van der Waals surface area contributed by atoms with Crippen LogP contribution in [0.25, 0.3) is 11.5 Å². The Morgan fingerprint density at radius 2 is 1.67 bits per heavy atom. The van der Waals surface area contributed by atoms with Crippen LogP contribution in [0.2, 0.25) is 0 Å². The van der Waals surface area contributed by atoms with E-state index in [1.807, 2.05) is 38.1 Å². The molecule has 0 bridgehead atoms. The zero-order chi connectivity index (χ0) is 27.4. The molecule has 0 spiro atoms. The largest absolute Gasteiger partial charge is 0.490 e. The second-order valence-corrected chi connectivity index (χ2v) is 10.7. The van der Waals surface area contributed by atoms with Crippen molar-refractivity contribution in [1.82, 2.24) is 14.5 Å². The first-order valence-electron chi connectivity index (χ1n) is 12.6. The van der Waals surface area contributed by atoms with Crippen LogP contribution in [-0.2, 0) is 23.0 Å². The molecular weight excluding hydrogens is 520 g/mol. The highest BCUT2D eigenvalue weighted by atomic mass is 32.2. The number of amides is 1. The van der Waals surface area contributed by atoms with Gasteiger partial charge in [0.25, 0.3) is 5.91 Å². The number of rotatable bonds is 9. The predicted octanol–water partition coefficient (Wildman–Crippen LogP) is 4.53. The van der Waals surface area contributed by atoms with Crippen molar-refractivity contribution in [1.29, 1.82) is 0 Å². The van der Waals surface area contributed by atoms with Crippen molar-refractivity contribution in [3.63, 3.8) is 0 Å². The number of hydrogen-bond acceptors (Lipinski definition) is 8. The van der Waals surface area contributed by atoms with E-state index in [-0.39, 0.29) is 22.4 Å². The number of carbonyl (C=O) groups is 1. The van der Waals surface area contributed by atoms with E-state index >= 15 is 0 Å². The summed E-state index contributed by atoms with van der Waals surface area (Å²) in [5.74, 6) is 0.831. The minimum atomic E-state index is -3.71. The first-order chi connectivity index (χ1) is 18.9. The molecule has 0 aliphatic carbocycles. The molecule has 1 N–H and O–H groups in total. The molecule has 0 saturated heterocycles. The van der Waals surface area contributed by atoms with E-state index < -0.39 is 15.9 Å². The van der Waals surface area contributed by atoms with Crippen molar-refractivity contribution >= 4 is 21.9 Å². The summed E-state index contributed by atoms with van der Waals surface area (Å²) in [4.78, 5) is 12.9. The number of aromatic nitrogens is 2. The summed E-state index contributed by atoms with van der Waals surface area (Å²) < 4.78 is 44.7. The van der Waals surface area contributed by atoms with E-state index in [0.717, 1.165) is 11.1 Å². The minimum Gasteiger partial charge on any atom is -0.490 e. The lowest BCUT2D eigenvalue weighted by Crippen LogP contribution is -2.35. The number of sulfonamides is 1. The zero-order valence-electron chi connectivity index (χ0n) is 21.6. The lowest BCUT2D eigenvalue weighted by Gasteiger charge is -2.28. The molecule has 1 aliphatic heterocycles. The molecule has 1 aliphatic rings. The van der Waals surface area contributed by atoms with Crippen LogP contribution < -0.4 is 14.8 Å². The van der Waals surface area contributed by atoms with Gasteiger partial charge < -0.3 is 13.9 Å². The first-order valence-corrected chi connectivity index (χ1v) is 14.0. The topological polar surface area (TPSA) is 124 Å². The van der Waals surface area contributed by atoms with Crippen LogP contribution >= 0.6 is 0 Å². The van der Waals surface area contributed by atoms with Gasteiger partial charge in [0.1, 0.15) is 0 Å². The number of anilines is 1. The Hall–Kier alpha value is -4.22. The van der Waals surface area contributed by atoms with Crippen molar-refractivity contribution in [3.8, 4) is 23.0 Å². The fourth-order valence-electron chi connectivity index (χ4n) is 4.35. The van der Waals surface area contributed by atoms with Crippen LogP contribution in [0.3, 0.4) is 0 Å². The molecule has 0 unspecified atom stereocenters. The van der Waals surface area contributed by atoms with E-state index in [1.54, 1.807) is 18.2 Å². The molecule has 11 heteroatoms. The number of carbonyl (C=O) groups excluding carboxylic acids is 1. The molecule has 202 valence electrons. The molecule has 1 aromatic heterocycles. The Morgan fingerprint density at radius 3 is 2.41 bits per heavy atom. The van der Waals surface area contributed by atoms with Gasteiger partial charge in [-0.25, -0.2) is 8.42 Å². The van der Waals surface area contributed by atoms with Gasteiger partial charge in [0.2, 0.25) is 15.9 Å². The summed E-state index contributed by atoms with van der Waals surface area (Å²) in [6.07, 6.45) is 0.658. The summed E-state index contributed by atoms with van der Waals surface area (Å²) >= 11 is 0. The molecular formula is C28H28N4O6S. The van der Waals surface area contributed by atoms with Crippen molar-refractivity contribution in [2.75, 3.05) is 25.1 Å². The molecule has 2 heterocycles. The molecule has 0 fully saturated rings. The lowest BCUT2D eigenvalue weighted by molar-refractivity contribution is 0.102. The molecule has 10 nitrogen and oxygen atoms in total. The van der Waals surface area contributed by atoms with E-state index in [9.17, 15) is 13.2 Å². The van der Waals surface area contributed by atoms with Gasteiger partial charge in [0, 0.05) is 24.2 Å². The minimum absolute atomic E-state index is 0.0921. The highest BCUT2D eigenvalue weighted by Crippen LogP contribution is 2.33. The number of benzene rings is 3. The zero-order valence-corrected chi connectivity index (χ0v) is 22.4. The molecule has 3 aromatic carbocycles. The fourth-order valence-corrected chi connectivity index (χ4v) is 5.77. The number of ether oxygens (including phenoxy) is 2. The maximum absolute atomic E-state index is 13.2. The van der Waals surface area contributed by atoms with Crippen LogP contribution in [0.15, 0.2) is 76.0 Å². The van der Waals surface area contributed by atoms with E-state index in [0.29, 0.717) is 49.8 Å². The van der Waals surface area contributed by atoms with Gasteiger partial charge >= 0.3 is 6.01 Å². The number of nitrogens with zero attached hydrogens (tertiary/aromatic N) is 3. The number of hydrogen-bond donors (Lipinski definition) is 1. The second kappa shape index (κ2) is 11.3. The Morgan fingerprint density at radius 1 is 0.949 bits per heavy atom. The number of fused-ring (bicyclic) bond motifs is 1. The molecule has 5 rings (SSSR count). The molecule has 0 saturated carbocycles. The average molecular weight is 549 g/mol. The molecule has 0 radical (unpaired) electrons. The van der Waals surface area contributed by atoms with Gasteiger partial charge in [0.15, 0.2) is 11.5 Å². The third-order valence-electron chi connectivity index (χ3n) is 6.29. The molecule has 1 amide bonds. The smallest absolute Gasteiger partial charge is 0.322 e. The van der Waals surface area contributed by atoms with Crippen molar-refractivity contribution in [2.45, 2.75) is 31.7 Å². The quantitative estimate of drug-likeness (QED) is 0.324. The van der Waals surface area contributed by atoms with Crippen molar-refractivity contribution in [2.24, 2.45) is 0 Å². The van der Waals surface area contributed by atoms with Crippen molar-refractivity contribution < 1.29 is 27.1 Å². The normalized spacial score (nSPS) is 13.5. The highest BCUT2D eigenvalue weighted by Gasteiger charge is 2.28. The van der Waals surface area contributed by atoms with Crippen LogP contribution in [0.4, 0.5) is 6.01 Å². The van der Waals surface area contributed by atoms with Crippen LogP contribution in [0, 0.1) is 0 Å². The van der Waals surface area contributed by atoms with E-state index in [2.05, 4.69) is 15.5 Å². The highest BCUT2D eigenvalue weighted by molar-refractivity contribution is 7.89. The lowest BCUT2D eigenvalue weighted by atomic mass is 10.0. The molecule has 0 atom stereocenters. The van der Waals surface area contributed by atoms with Gasteiger partial charge in [-0.3, -0.25) is 10.1 Å². The van der Waals surface area contributed by atoms with Gasteiger partial charge in [-0.15, -0.1) is 5.10 Å². The summed E-state index contributed by atoms with van der Waals surface area (Å²) in [5, 5.41) is 10.5. The summed E-state index contributed by atoms with van der Waals surface area (Å²) in [6, 6.07) is 18.8. The Balaban J connectivity index is 1.26. The standard InChI is InChI=1S/C28H28N4O6S/c1-3-36-24-14-11-21(17-25(24)37-4-2)27-30-31-28(38-27)29-26(33)20-9-12-23(13-10-20)39(34,35)32-16-15-19-7-5-6-8-22(19)18-32/h5-14,17H,3-4,15-16,18H2,1-2H3,(H,29,31,33). The average Bonchev–Trinajstić information content (AvgIpc) is 3.42. The van der Waals surface area contributed by atoms with E-state index in [4.69, 9.17) is 13.9 Å². The fraction of sp³-hybridized carbons (Fsp3) is 0.250. The van der Waals surface area contributed by atoms with Gasteiger partial charge in [0.05, 0.1) is 18.1 Å². The third-order valence-corrected chi connectivity index (χ3v) is 8.15. The van der Waals surface area contributed by atoms with Gasteiger partial charge in [-0.1, -0.05) is 29.4 Å². The Bertz CT molecular complexity index is 1580. The van der Waals surface area contributed by atoms with Crippen LogP contribution in [-0.4, -0.2) is 48.6 Å². The summed E-state index contributed by atoms with van der Waals surface area (Å²) in [6.45, 7) is 5.44.